The van der Waals surface area contributed by atoms with Crippen molar-refractivity contribution in [1.29, 1.82) is 0 Å². The van der Waals surface area contributed by atoms with Gasteiger partial charge < -0.3 is 4.90 Å². The minimum absolute atomic E-state index is 0.0542. The van der Waals surface area contributed by atoms with Crippen LogP contribution in [0.3, 0.4) is 0 Å². The average molecular weight is 399 g/mol. The van der Waals surface area contributed by atoms with Gasteiger partial charge in [0.25, 0.3) is 0 Å². The number of benzene rings is 2. The number of hydrogen-bond donors (Lipinski definition) is 0. The number of carbonyl (C=O) groups is 1. The van der Waals surface area contributed by atoms with Gasteiger partial charge in [0.05, 0.1) is 17.8 Å². The van der Waals surface area contributed by atoms with Crippen LogP contribution in [-0.2, 0) is 30.5 Å². The van der Waals surface area contributed by atoms with E-state index in [1.807, 2.05) is 35.0 Å². The van der Waals surface area contributed by atoms with Crippen molar-refractivity contribution in [3.63, 3.8) is 0 Å². The molecule has 150 valence electrons. The van der Waals surface area contributed by atoms with Gasteiger partial charge >= 0.3 is 6.18 Å². The second-order valence-electron chi connectivity index (χ2n) is 7.19. The Bertz CT molecular complexity index is 1040. The van der Waals surface area contributed by atoms with Crippen molar-refractivity contribution in [3.8, 4) is 11.3 Å². The average Bonchev–Trinajstić information content (AvgIpc) is 3.06. The minimum atomic E-state index is -4.42. The molecule has 0 N–H and O–H groups in total. The molecule has 0 saturated heterocycles. The van der Waals surface area contributed by atoms with E-state index in [1.54, 1.807) is 11.0 Å². The van der Waals surface area contributed by atoms with Crippen molar-refractivity contribution in [2.75, 3.05) is 6.54 Å². The van der Waals surface area contributed by atoms with Gasteiger partial charge in [-0.05, 0) is 17.7 Å². The van der Waals surface area contributed by atoms with Crippen LogP contribution in [0.1, 0.15) is 29.3 Å². The van der Waals surface area contributed by atoms with Gasteiger partial charge in [-0.15, -0.1) is 0 Å². The predicted molar refractivity (Wildman–Crippen MR) is 103 cm³/mol. The van der Waals surface area contributed by atoms with Gasteiger partial charge in [0.1, 0.15) is 0 Å². The van der Waals surface area contributed by atoms with Crippen LogP contribution in [0.4, 0.5) is 13.2 Å². The second kappa shape index (κ2) is 7.39. The first kappa shape index (κ1) is 19.2. The van der Waals surface area contributed by atoms with Crippen LogP contribution in [0.5, 0.6) is 0 Å². The van der Waals surface area contributed by atoms with E-state index in [4.69, 9.17) is 0 Å². The highest BCUT2D eigenvalue weighted by molar-refractivity contribution is 5.74. The molecule has 4 nitrogen and oxygen atoms in total. The molecule has 0 bridgehead atoms. The maximum absolute atomic E-state index is 13.2. The smallest absolute Gasteiger partial charge is 0.338 e. The number of carbonyl (C=O) groups excluding carboxylic acids is 1. The van der Waals surface area contributed by atoms with Crippen molar-refractivity contribution < 1.29 is 18.0 Å². The summed E-state index contributed by atoms with van der Waals surface area (Å²) >= 11 is 0. The lowest BCUT2D eigenvalue weighted by Gasteiger charge is -2.27. The minimum Gasteiger partial charge on any atom is -0.338 e. The van der Waals surface area contributed by atoms with Gasteiger partial charge in [0.15, 0.2) is 0 Å². The molecule has 1 amide bonds. The molecule has 0 atom stereocenters. The fourth-order valence-electron chi connectivity index (χ4n) is 3.72. The van der Waals surface area contributed by atoms with Crippen molar-refractivity contribution in [2.24, 2.45) is 0 Å². The highest BCUT2D eigenvalue weighted by Crippen LogP contribution is 2.35. The molecule has 2 aromatic carbocycles. The molecule has 7 heteroatoms. The second-order valence-corrected chi connectivity index (χ2v) is 7.19. The first-order valence-corrected chi connectivity index (χ1v) is 9.38. The van der Waals surface area contributed by atoms with Gasteiger partial charge in [-0.3, -0.25) is 9.48 Å². The summed E-state index contributed by atoms with van der Waals surface area (Å²) < 4.78 is 41.5. The van der Waals surface area contributed by atoms with Gasteiger partial charge in [-0.25, -0.2) is 0 Å². The van der Waals surface area contributed by atoms with Gasteiger partial charge in [-0.1, -0.05) is 42.5 Å². The van der Waals surface area contributed by atoms with Crippen molar-refractivity contribution in [3.05, 3.63) is 77.0 Å². The standard InChI is InChI=1S/C22H20F3N3O/c1-15(29)27-11-10-20-19(14-27)21(17-8-5-9-18(12-17)22(23,24)25)26-28(20)13-16-6-3-2-4-7-16/h2-9,12H,10-11,13-14H2,1H3. The van der Waals surface area contributed by atoms with E-state index in [1.165, 1.54) is 13.0 Å². The Morgan fingerprint density at radius 3 is 2.55 bits per heavy atom. The number of nitrogens with zero attached hydrogens (tertiary/aromatic N) is 3. The lowest BCUT2D eigenvalue weighted by Crippen LogP contribution is -2.34. The third-order valence-corrected chi connectivity index (χ3v) is 5.22. The molecule has 4 rings (SSSR count). The van der Waals surface area contributed by atoms with Gasteiger partial charge in [0, 0.05) is 43.3 Å². The molecule has 0 saturated carbocycles. The molecule has 0 radical (unpaired) electrons. The summed E-state index contributed by atoms with van der Waals surface area (Å²) in [5.41, 5.74) is 3.06. The molecule has 0 spiro atoms. The normalized spacial score (nSPS) is 14.0. The summed E-state index contributed by atoms with van der Waals surface area (Å²) in [6.07, 6.45) is -3.80. The number of hydrogen-bond acceptors (Lipinski definition) is 2. The Hall–Kier alpha value is -3.09. The summed E-state index contributed by atoms with van der Waals surface area (Å²) in [7, 11) is 0. The van der Waals surface area contributed by atoms with Crippen molar-refractivity contribution >= 4 is 5.91 Å². The first-order valence-electron chi connectivity index (χ1n) is 9.38. The molecule has 29 heavy (non-hydrogen) atoms. The molecule has 1 aliphatic heterocycles. The summed E-state index contributed by atoms with van der Waals surface area (Å²) in [5.74, 6) is -0.0542. The van der Waals surface area contributed by atoms with Crippen molar-refractivity contribution in [2.45, 2.75) is 32.6 Å². The zero-order valence-corrected chi connectivity index (χ0v) is 15.9. The topological polar surface area (TPSA) is 38.1 Å². The Balaban J connectivity index is 1.80. The number of alkyl halides is 3. The van der Waals surface area contributed by atoms with Crippen molar-refractivity contribution in [1.82, 2.24) is 14.7 Å². The Morgan fingerprint density at radius 2 is 1.86 bits per heavy atom. The quantitative estimate of drug-likeness (QED) is 0.649. The highest BCUT2D eigenvalue weighted by Gasteiger charge is 2.32. The molecule has 0 aliphatic carbocycles. The van der Waals surface area contributed by atoms with Crippen LogP contribution in [-0.4, -0.2) is 27.1 Å². The number of amides is 1. The summed E-state index contributed by atoms with van der Waals surface area (Å²) in [4.78, 5) is 13.6. The van der Waals surface area contributed by atoms with E-state index in [0.29, 0.717) is 37.3 Å². The zero-order valence-electron chi connectivity index (χ0n) is 15.9. The number of aromatic nitrogens is 2. The highest BCUT2D eigenvalue weighted by atomic mass is 19.4. The molecule has 0 fully saturated rings. The Morgan fingerprint density at radius 1 is 1.10 bits per heavy atom. The number of rotatable bonds is 3. The maximum Gasteiger partial charge on any atom is 0.416 e. The lowest BCUT2D eigenvalue weighted by molar-refractivity contribution is -0.137. The van der Waals surface area contributed by atoms with E-state index < -0.39 is 11.7 Å². The van der Waals surface area contributed by atoms with Crippen LogP contribution < -0.4 is 0 Å². The molecule has 0 unspecified atom stereocenters. The molecular weight excluding hydrogens is 379 g/mol. The maximum atomic E-state index is 13.2. The monoisotopic (exact) mass is 399 g/mol. The predicted octanol–water partition coefficient (Wildman–Crippen LogP) is 4.52. The van der Waals surface area contributed by atoms with E-state index in [-0.39, 0.29) is 5.91 Å². The van der Waals surface area contributed by atoms with E-state index in [0.717, 1.165) is 29.0 Å². The third-order valence-electron chi connectivity index (χ3n) is 5.22. The molecule has 2 heterocycles. The summed E-state index contributed by atoms with van der Waals surface area (Å²) in [5, 5.41) is 4.69. The summed E-state index contributed by atoms with van der Waals surface area (Å²) in [6.45, 7) is 2.96. The third kappa shape index (κ3) is 3.90. The lowest BCUT2D eigenvalue weighted by atomic mass is 9.99. The van der Waals surface area contributed by atoms with Gasteiger partial charge in [0.2, 0.25) is 5.91 Å². The molecule has 1 aliphatic rings. The number of fused-ring (bicyclic) bond motifs is 1. The van der Waals surface area contributed by atoms with Crippen LogP contribution in [0.25, 0.3) is 11.3 Å². The Labute approximate surface area is 166 Å². The van der Waals surface area contributed by atoms with Gasteiger partial charge in [-0.2, -0.15) is 18.3 Å². The fraction of sp³-hybridized carbons (Fsp3) is 0.273. The van der Waals surface area contributed by atoms with E-state index in [9.17, 15) is 18.0 Å². The fourth-order valence-corrected chi connectivity index (χ4v) is 3.72. The summed E-state index contributed by atoms with van der Waals surface area (Å²) in [6, 6.07) is 15.0. The van der Waals surface area contributed by atoms with Crippen LogP contribution in [0, 0.1) is 0 Å². The van der Waals surface area contributed by atoms with Crippen LogP contribution in [0.2, 0.25) is 0 Å². The first-order chi connectivity index (χ1) is 13.8. The van der Waals surface area contributed by atoms with E-state index >= 15 is 0 Å². The SMILES string of the molecule is CC(=O)N1CCc2c(c(-c3cccc(C(F)(F)F)c3)nn2Cc2ccccc2)C1. The number of halogens is 3. The molecule has 3 aromatic rings. The zero-order chi connectivity index (χ0) is 20.6. The molecule has 1 aromatic heterocycles. The van der Waals surface area contributed by atoms with Crippen LogP contribution in [0.15, 0.2) is 54.6 Å². The van der Waals surface area contributed by atoms with E-state index in [2.05, 4.69) is 5.10 Å². The largest absolute Gasteiger partial charge is 0.416 e. The van der Waals surface area contributed by atoms with Crippen LogP contribution >= 0.6 is 0 Å². The molecular formula is C22H20F3N3O. The Kier molecular flexibility index (Phi) is 4.90.